The van der Waals surface area contributed by atoms with E-state index < -0.39 is 11.5 Å². The molecule has 104 valence electrons. The molecule has 1 aliphatic carbocycles. The van der Waals surface area contributed by atoms with Gasteiger partial charge in [0.2, 0.25) is 0 Å². The smallest absolute Gasteiger partial charge is 0.314 e. The average molecular weight is 265 g/mol. The van der Waals surface area contributed by atoms with E-state index in [9.17, 15) is 9.90 Å². The summed E-state index contributed by atoms with van der Waals surface area (Å²) in [4.78, 5) is 11.8. The van der Waals surface area contributed by atoms with E-state index in [2.05, 4.69) is 0 Å². The molecule has 0 spiro atoms. The Labute approximate surface area is 112 Å². The molecule has 1 fully saturated rings. The number of aliphatic hydroxyl groups is 1. The predicted octanol–water partition coefficient (Wildman–Crippen LogP) is 1.14. The van der Waals surface area contributed by atoms with Gasteiger partial charge in [-0.1, -0.05) is 6.07 Å². The summed E-state index contributed by atoms with van der Waals surface area (Å²) in [6, 6.07) is 5.30. The summed E-state index contributed by atoms with van der Waals surface area (Å²) in [5.41, 5.74) is 6.35. The molecule has 0 radical (unpaired) electrons. The third-order valence-electron chi connectivity index (χ3n) is 3.74. The number of methoxy groups -OCH3 is 2. The molecule has 0 aromatic heterocycles. The van der Waals surface area contributed by atoms with E-state index in [4.69, 9.17) is 15.2 Å². The maximum Gasteiger partial charge on any atom is 0.314 e. The molecule has 1 aromatic carbocycles. The highest BCUT2D eigenvalue weighted by atomic mass is 16.5. The van der Waals surface area contributed by atoms with Gasteiger partial charge in [0.25, 0.3) is 0 Å². The second-order valence-corrected chi connectivity index (χ2v) is 4.83. The van der Waals surface area contributed by atoms with Crippen LogP contribution in [-0.4, -0.2) is 25.3 Å². The van der Waals surface area contributed by atoms with Crippen molar-refractivity contribution in [2.24, 2.45) is 11.1 Å². The second kappa shape index (κ2) is 5.19. The first-order valence-electron chi connectivity index (χ1n) is 6.22. The number of hydrogen-bond donors (Lipinski definition) is 2. The minimum absolute atomic E-state index is 0.314. The minimum atomic E-state index is -0.865. The first-order chi connectivity index (χ1) is 9.08. The first kappa shape index (κ1) is 13.8. The number of rotatable bonds is 5. The molecule has 0 amide bonds. The Morgan fingerprint density at radius 1 is 1.47 bits per heavy atom. The number of ether oxygens (including phenoxy) is 2. The lowest BCUT2D eigenvalue weighted by molar-refractivity contribution is -0.152. The fourth-order valence-electron chi connectivity index (χ4n) is 2.37. The zero-order valence-electron chi connectivity index (χ0n) is 11.2. The second-order valence-electron chi connectivity index (χ2n) is 4.83. The SMILES string of the molecule is COC(=O)C1(C(O)c2ccc(OC)c(CN)c2)CC1. The third-order valence-corrected chi connectivity index (χ3v) is 3.74. The summed E-state index contributed by atoms with van der Waals surface area (Å²) in [5.74, 6) is 0.325. The average Bonchev–Trinajstić information content (AvgIpc) is 3.26. The number of nitrogens with two attached hydrogens (primary N) is 1. The Hall–Kier alpha value is -1.59. The summed E-state index contributed by atoms with van der Waals surface area (Å²) in [7, 11) is 2.91. The van der Waals surface area contributed by atoms with E-state index in [0.717, 1.165) is 5.56 Å². The summed E-state index contributed by atoms with van der Waals surface area (Å²) in [6.07, 6.45) is 0.423. The molecule has 1 unspecified atom stereocenters. The van der Waals surface area contributed by atoms with E-state index in [1.165, 1.54) is 7.11 Å². The molecule has 0 aliphatic heterocycles. The maximum atomic E-state index is 11.8. The molecule has 3 N–H and O–H groups in total. The number of hydrogen-bond acceptors (Lipinski definition) is 5. The summed E-state index contributed by atoms with van der Waals surface area (Å²) < 4.78 is 9.96. The van der Waals surface area contributed by atoms with Crippen LogP contribution in [0.3, 0.4) is 0 Å². The normalized spacial score (nSPS) is 17.7. The molecular formula is C14H19NO4. The van der Waals surface area contributed by atoms with Gasteiger partial charge in [-0.15, -0.1) is 0 Å². The first-order valence-corrected chi connectivity index (χ1v) is 6.22. The van der Waals surface area contributed by atoms with Gasteiger partial charge in [0.1, 0.15) is 5.75 Å². The molecular weight excluding hydrogens is 246 g/mol. The number of benzene rings is 1. The van der Waals surface area contributed by atoms with Crippen LogP contribution in [0.25, 0.3) is 0 Å². The van der Waals surface area contributed by atoms with E-state index in [-0.39, 0.29) is 5.97 Å². The van der Waals surface area contributed by atoms with Crippen LogP contribution >= 0.6 is 0 Å². The molecule has 0 heterocycles. The lowest BCUT2D eigenvalue weighted by Crippen LogP contribution is -2.25. The number of carbonyl (C=O) groups is 1. The van der Waals surface area contributed by atoms with Gasteiger partial charge in [-0.3, -0.25) is 4.79 Å². The van der Waals surface area contributed by atoms with Gasteiger partial charge in [0, 0.05) is 12.1 Å². The third kappa shape index (κ3) is 2.31. The van der Waals surface area contributed by atoms with Crippen molar-refractivity contribution >= 4 is 5.97 Å². The molecule has 2 rings (SSSR count). The zero-order valence-corrected chi connectivity index (χ0v) is 11.2. The molecule has 5 heteroatoms. The molecule has 1 atom stereocenters. The van der Waals surface area contributed by atoms with Gasteiger partial charge < -0.3 is 20.3 Å². The Morgan fingerprint density at radius 3 is 2.63 bits per heavy atom. The van der Waals surface area contributed by atoms with Crippen molar-refractivity contribution in [3.8, 4) is 5.75 Å². The van der Waals surface area contributed by atoms with Crippen molar-refractivity contribution < 1.29 is 19.4 Å². The van der Waals surface area contributed by atoms with E-state index in [1.807, 2.05) is 0 Å². The van der Waals surface area contributed by atoms with E-state index >= 15 is 0 Å². The Bertz CT molecular complexity index is 482. The van der Waals surface area contributed by atoms with Crippen LogP contribution < -0.4 is 10.5 Å². The van der Waals surface area contributed by atoms with Crippen LogP contribution in [0.5, 0.6) is 5.75 Å². The van der Waals surface area contributed by atoms with Crippen LogP contribution in [0.4, 0.5) is 0 Å². The molecule has 19 heavy (non-hydrogen) atoms. The molecule has 1 aromatic rings. The molecule has 0 bridgehead atoms. The molecule has 1 aliphatic rings. The maximum absolute atomic E-state index is 11.8. The highest BCUT2D eigenvalue weighted by Gasteiger charge is 2.57. The zero-order chi connectivity index (χ0) is 14.0. The van der Waals surface area contributed by atoms with E-state index in [0.29, 0.717) is 30.7 Å². The predicted molar refractivity (Wildman–Crippen MR) is 69.5 cm³/mol. The van der Waals surface area contributed by atoms with Crippen molar-refractivity contribution in [2.75, 3.05) is 14.2 Å². The lowest BCUT2D eigenvalue weighted by atomic mass is 9.91. The van der Waals surface area contributed by atoms with Crippen LogP contribution in [0.15, 0.2) is 18.2 Å². The van der Waals surface area contributed by atoms with Crippen molar-refractivity contribution in [3.05, 3.63) is 29.3 Å². The van der Waals surface area contributed by atoms with Crippen molar-refractivity contribution in [1.29, 1.82) is 0 Å². The van der Waals surface area contributed by atoms with Gasteiger partial charge in [0.05, 0.1) is 25.7 Å². The number of esters is 1. The summed E-state index contributed by atoms with van der Waals surface area (Å²) in [6.45, 7) is 0.314. The monoisotopic (exact) mass is 265 g/mol. The van der Waals surface area contributed by atoms with Gasteiger partial charge in [-0.25, -0.2) is 0 Å². The Kier molecular flexibility index (Phi) is 3.78. The highest BCUT2D eigenvalue weighted by molar-refractivity contribution is 5.80. The van der Waals surface area contributed by atoms with Crippen LogP contribution in [0.2, 0.25) is 0 Å². The van der Waals surface area contributed by atoms with Gasteiger partial charge in [-0.2, -0.15) is 0 Å². The highest BCUT2D eigenvalue weighted by Crippen LogP contribution is 2.55. The van der Waals surface area contributed by atoms with Gasteiger partial charge in [0.15, 0.2) is 0 Å². The number of carbonyl (C=O) groups excluding carboxylic acids is 1. The fraction of sp³-hybridized carbons (Fsp3) is 0.500. The molecule has 0 saturated heterocycles. The Morgan fingerprint density at radius 2 is 2.16 bits per heavy atom. The van der Waals surface area contributed by atoms with Gasteiger partial charge in [-0.05, 0) is 30.5 Å². The molecule has 5 nitrogen and oxygen atoms in total. The fourth-order valence-corrected chi connectivity index (χ4v) is 2.37. The summed E-state index contributed by atoms with van der Waals surface area (Å²) in [5, 5.41) is 10.4. The topological polar surface area (TPSA) is 81.8 Å². The van der Waals surface area contributed by atoms with Crippen LogP contribution in [-0.2, 0) is 16.1 Å². The molecule has 1 saturated carbocycles. The van der Waals surface area contributed by atoms with E-state index in [1.54, 1.807) is 25.3 Å². The summed E-state index contributed by atoms with van der Waals surface area (Å²) >= 11 is 0. The Balaban J connectivity index is 2.29. The quantitative estimate of drug-likeness (QED) is 0.780. The van der Waals surface area contributed by atoms with Crippen molar-refractivity contribution in [3.63, 3.8) is 0 Å². The lowest BCUT2D eigenvalue weighted by Gasteiger charge is -2.21. The van der Waals surface area contributed by atoms with Crippen molar-refractivity contribution in [1.82, 2.24) is 0 Å². The van der Waals surface area contributed by atoms with Crippen LogP contribution in [0, 0.1) is 5.41 Å². The largest absolute Gasteiger partial charge is 0.496 e. The number of aliphatic hydroxyl groups excluding tert-OH is 1. The standard InChI is InChI=1S/C14H19NO4/c1-18-11-4-3-9(7-10(11)8-15)12(16)14(5-6-14)13(17)19-2/h3-4,7,12,16H,5-6,8,15H2,1-2H3. The minimum Gasteiger partial charge on any atom is -0.496 e. The van der Waals surface area contributed by atoms with Crippen LogP contribution in [0.1, 0.15) is 30.1 Å². The van der Waals surface area contributed by atoms with Crippen molar-refractivity contribution in [2.45, 2.75) is 25.5 Å². The van der Waals surface area contributed by atoms with Gasteiger partial charge >= 0.3 is 5.97 Å².